The molecule has 0 amide bonds. The average molecular weight is 468 g/mol. The number of carbonyl (C=O) groups is 2. The summed E-state index contributed by atoms with van der Waals surface area (Å²) in [4.78, 5) is 26.6. The van der Waals surface area contributed by atoms with Crippen molar-refractivity contribution in [2.75, 3.05) is 36.0 Å². The summed E-state index contributed by atoms with van der Waals surface area (Å²) in [7, 11) is 0. The lowest BCUT2D eigenvalue weighted by Crippen LogP contribution is -2.55. The normalized spacial score (nSPS) is 19.1. The quantitative estimate of drug-likeness (QED) is 0.622. The van der Waals surface area contributed by atoms with Crippen LogP contribution in [0.2, 0.25) is 0 Å². The largest absolute Gasteiger partial charge is 0.481 e. The zero-order chi connectivity index (χ0) is 24.9. The van der Waals surface area contributed by atoms with Crippen LogP contribution in [-0.4, -0.2) is 53.9 Å². The van der Waals surface area contributed by atoms with Crippen LogP contribution in [0.3, 0.4) is 0 Å². The highest BCUT2D eigenvalue weighted by Gasteiger charge is 2.38. The second kappa shape index (κ2) is 10.5. The van der Waals surface area contributed by atoms with E-state index in [9.17, 15) is 14.7 Å². The van der Waals surface area contributed by atoms with Crippen LogP contribution in [0.4, 0.5) is 11.4 Å². The molecule has 2 aliphatic heterocycles. The van der Waals surface area contributed by atoms with Crippen molar-refractivity contribution in [1.82, 2.24) is 0 Å². The number of rotatable bonds is 4. The van der Waals surface area contributed by atoms with Crippen LogP contribution in [0, 0.1) is 19.3 Å². The third-order valence-electron chi connectivity index (χ3n) is 7.26. The van der Waals surface area contributed by atoms with Crippen molar-refractivity contribution >= 4 is 23.3 Å². The molecule has 0 spiro atoms. The second-order valence-electron chi connectivity index (χ2n) is 9.97. The van der Waals surface area contributed by atoms with Gasteiger partial charge in [-0.05, 0) is 70.7 Å². The molecule has 0 saturated carbocycles. The number of nitrogens with zero attached hydrogens (tertiary/aromatic N) is 2. The van der Waals surface area contributed by atoms with E-state index in [1.165, 1.54) is 16.8 Å². The maximum Gasteiger partial charge on any atom is 0.323 e. The van der Waals surface area contributed by atoms with E-state index in [-0.39, 0.29) is 0 Å². The van der Waals surface area contributed by atoms with Crippen LogP contribution in [0.25, 0.3) is 0 Å². The standard InChI is InChI=1S/C14H19NO2.C13H18N2O2/c1-11-3-5-12(6-4-11)15-9-7-14(2,8-10-15)13(16)17;1-10-2-4-11(5-3-10)15-8-6-13(14,7-9-15)12(16)17/h3-6H,7-10H2,1-2H3,(H,16,17);2-5H,6-9,14H2,1H3,(H,16,17). The number of aliphatic carboxylic acids is 2. The first-order valence-electron chi connectivity index (χ1n) is 11.9. The fraction of sp³-hybridized carbons (Fsp3) is 0.481. The van der Waals surface area contributed by atoms with Gasteiger partial charge in [0.2, 0.25) is 0 Å². The van der Waals surface area contributed by atoms with Crippen molar-refractivity contribution in [3.05, 3.63) is 59.7 Å². The smallest absolute Gasteiger partial charge is 0.323 e. The Balaban J connectivity index is 0.000000191. The minimum absolute atomic E-state index is 0.496. The SMILES string of the molecule is Cc1ccc(N2CCC(C)(C(=O)O)CC2)cc1.Cc1ccc(N2CCC(N)(C(=O)O)CC2)cc1. The summed E-state index contributed by atoms with van der Waals surface area (Å²) in [6.07, 6.45) is 2.43. The molecule has 0 aromatic heterocycles. The van der Waals surface area contributed by atoms with Crippen LogP contribution >= 0.6 is 0 Å². The van der Waals surface area contributed by atoms with E-state index in [4.69, 9.17) is 10.8 Å². The van der Waals surface area contributed by atoms with Crippen LogP contribution in [-0.2, 0) is 9.59 Å². The number of hydrogen-bond donors (Lipinski definition) is 3. The molecule has 34 heavy (non-hydrogen) atoms. The minimum atomic E-state index is -1.04. The van der Waals surface area contributed by atoms with Gasteiger partial charge in [-0.15, -0.1) is 0 Å². The number of anilines is 2. The Bertz CT molecular complexity index is 890. The number of nitrogens with two attached hydrogens (primary N) is 1. The second-order valence-corrected chi connectivity index (χ2v) is 9.97. The Kier molecular flexibility index (Phi) is 7.87. The molecule has 0 atom stereocenters. The van der Waals surface area contributed by atoms with Gasteiger partial charge >= 0.3 is 11.9 Å². The topological polar surface area (TPSA) is 107 Å². The molecule has 2 fully saturated rings. The number of benzene rings is 2. The van der Waals surface area contributed by atoms with E-state index in [0.29, 0.717) is 25.9 Å². The van der Waals surface area contributed by atoms with Crippen molar-refractivity contribution in [2.24, 2.45) is 11.1 Å². The molecule has 4 rings (SSSR count). The molecule has 0 aliphatic carbocycles. The summed E-state index contributed by atoms with van der Waals surface area (Å²) in [5, 5.41) is 18.2. The van der Waals surface area contributed by atoms with E-state index in [2.05, 4.69) is 72.2 Å². The molecule has 0 bridgehead atoms. The first-order chi connectivity index (χ1) is 16.0. The van der Waals surface area contributed by atoms with Gasteiger partial charge in [-0.2, -0.15) is 0 Å². The Hall–Kier alpha value is -3.06. The van der Waals surface area contributed by atoms with E-state index < -0.39 is 22.9 Å². The summed E-state index contributed by atoms with van der Waals surface area (Å²) in [5.41, 5.74) is 9.08. The molecule has 2 aliphatic rings. The van der Waals surface area contributed by atoms with Crippen molar-refractivity contribution in [1.29, 1.82) is 0 Å². The first-order valence-corrected chi connectivity index (χ1v) is 11.9. The van der Waals surface area contributed by atoms with Crippen LogP contribution in [0.5, 0.6) is 0 Å². The Morgan fingerprint density at radius 1 is 0.706 bits per heavy atom. The van der Waals surface area contributed by atoms with Gasteiger partial charge < -0.3 is 25.7 Å². The van der Waals surface area contributed by atoms with Gasteiger partial charge in [-0.25, -0.2) is 0 Å². The van der Waals surface area contributed by atoms with Crippen LogP contribution in [0.1, 0.15) is 43.7 Å². The molecule has 0 radical (unpaired) electrons. The third-order valence-corrected chi connectivity index (χ3v) is 7.26. The zero-order valence-corrected chi connectivity index (χ0v) is 20.5. The summed E-state index contributed by atoms with van der Waals surface area (Å²) < 4.78 is 0. The van der Waals surface area contributed by atoms with Crippen molar-refractivity contribution in [3.63, 3.8) is 0 Å². The highest BCUT2D eigenvalue weighted by Crippen LogP contribution is 2.33. The van der Waals surface area contributed by atoms with Gasteiger partial charge in [0.25, 0.3) is 0 Å². The molecule has 0 unspecified atom stereocenters. The van der Waals surface area contributed by atoms with Crippen LogP contribution < -0.4 is 15.5 Å². The molecule has 7 heteroatoms. The number of hydrogen-bond acceptors (Lipinski definition) is 5. The van der Waals surface area contributed by atoms with Crippen molar-refractivity contribution in [3.8, 4) is 0 Å². The lowest BCUT2D eigenvalue weighted by Gasteiger charge is -2.37. The zero-order valence-electron chi connectivity index (χ0n) is 20.5. The maximum absolute atomic E-state index is 11.1. The lowest BCUT2D eigenvalue weighted by atomic mass is 9.80. The van der Waals surface area contributed by atoms with Gasteiger partial charge in [-0.3, -0.25) is 9.59 Å². The summed E-state index contributed by atoms with van der Waals surface area (Å²) in [6.45, 7) is 9.02. The van der Waals surface area contributed by atoms with E-state index in [1.807, 2.05) is 6.92 Å². The van der Waals surface area contributed by atoms with Crippen LogP contribution in [0.15, 0.2) is 48.5 Å². The van der Waals surface area contributed by atoms with E-state index >= 15 is 0 Å². The van der Waals surface area contributed by atoms with Crippen molar-refractivity contribution in [2.45, 2.75) is 52.0 Å². The lowest BCUT2D eigenvalue weighted by molar-refractivity contribution is -0.149. The van der Waals surface area contributed by atoms with Crippen molar-refractivity contribution < 1.29 is 19.8 Å². The fourth-order valence-electron chi connectivity index (χ4n) is 4.36. The molecule has 7 nitrogen and oxygen atoms in total. The molecule has 2 saturated heterocycles. The average Bonchev–Trinajstić information content (AvgIpc) is 2.82. The Labute approximate surface area is 202 Å². The predicted molar refractivity (Wildman–Crippen MR) is 136 cm³/mol. The molecule has 2 aromatic rings. The van der Waals surface area contributed by atoms with E-state index in [0.717, 1.165) is 31.6 Å². The highest BCUT2D eigenvalue weighted by atomic mass is 16.4. The molecule has 4 N–H and O–H groups in total. The first kappa shape index (κ1) is 25.6. The molecular formula is C27H37N3O4. The van der Waals surface area contributed by atoms with Gasteiger partial charge in [0.1, 0.15) is 5.54 Å². The number of aryl methyl sites for hydroxylation is 2. The fourth-order valence-corrected chi connectivity index (χ4v) is 4.36. The Morgan fingerprint density at radius 2 is 1.06 bits per heavy atom. The van der Waals surface area contributed by atoms with Gasteiger partial charge in [0.05, 0.1) is 5.41 Å². The molecule has 2 heterocycles. The third kappa shape index (κ3) is 6.08. The maximum atomic E-state index is 11.1. The highest BCUT2D eigenvalue weighted by molar-refractivity contribution is 5.79. The van der Waals surface area contributed by atoms with Gasteiger partial charge in [0.15, 0.2) is 0 Å². The minimum Gasteiger partial charge on any atom is -0.481 e. The van der Waals surface area contributed by atoms with Gasteiger partial charge in [-0.1, -0.05) is 35.4 Å². The van der Waals surface area contributed by atoms with Gasteiger partial charge in [0, 0.05) is 37.6 Å². The molecule has 184 valence electrons. The number of carboxylic acid groups (broad SMARTS) is 2. The number of piperidine rings is 2. The summed E-state index contributed by atoms with van der Waals surface area (Å²) in [6, 6.07) is 16.7. The molecule has 2 aromatic carbocycles. The van der Waals surface area contributed by atoms with E-state index in [1.54, 1.807) is 0 Å². The predicted octanol–water partition coefficient (Wildman–Crippen LogP) is 4.06. The monoisotopic (exact) mass is 467 g/mol. The summed E-state index contributed by atoms with van der Waals surface area (Å²) >= 11 is 0. The molecular weight excluding hydrogens is 430 g/mol. The summed E-state index contributed by atoms with van der Waals surface area (Å²) in [5.74, 6) is -1.55. The Morgan fingerprint density at radius 3 is 1.38 bits per heavy atom. The number of carboxylic acids is 2.